The van der Waals surface area contributed by atoms with Crippen molar-refractivity contribution in [3.63, 3.8) is 0 Å². The van der Waals surface area contributed by atoms with Crippen molar-refractivity contribution in [3.05, 3.63) is 34.3 Å². The fourth-order valence-electron chi connectivity index (χ4n) is 1.34. The molecule has 0 fully saturated rings. The van der Waals surface area contributed by atoms with Crippen LogP contribution in [-0.4, -0.2) is 18.2 Å². The zero-order valence-corrected chi connectivity index (χ0v) is 12.5. The molecular formula is C14H18BrNO2. The number of benzene rings is 1. The number of hydrogen-bond acceptors (Lipinski definition) is 2. The van der Waals surface area contributed by atoms with Gasteiger partial charge in [-0.1, -0.05) is 48.8 Å². The lowest BCUT2D eigenvalue weighted by Gasteiger charge is -2.16. The second kappa shape index (κ2) is 6.14. The highest BCUT2D eigenvalue weighted by Crippen LogP contribution is 2.14. The van der Waals surface area contributed by atoms with E-state index in [-0.39, 0.29) is 24.7 Å². The normalized spacial score (nSPS) is 11.1. The van der Waals surface area contributed by atoms with Crippen molar-refractivity contribution in [2.45, 2.75) is 27.2 Å². The van der Waals surface area contributed by atoms with Crippen molar-refractivity contribution < 1.29 is 9.59 Å². The largest absolute Gasteiger partial charge is 0.349 e. The van der Waals surface area contributed by atoms with E-state index in [9.17, 15) is 9.59 Å². The van der Waals surface area contributed by atoms with Gasteiger partial charge in [-0.2, -0.15) is 0 Å². The maximum atomic E-state index is 11.7. The van der Waals surface area contributed by atoms with Gasteiger partial charge in [-0.05, 0) is 17.7 Å². The van der Waals surface area contributed by atoms with Gasteiger partial charge in [0.1, 0.15) is 0 Å². The van der Waals surface area contributed by atoms with E-state index >= 15 is 0 Å². The molecule has 0 saturated carbocycles. The molecule has 1 aromatic rings. The van der Waals surface area contributed by atoms with Crippen LogP contribution in [0.15, 0.2) is 28.7 Å². The first-order chi connectivity index (χ1) is 8.29. The van der Waals surface area contributed by atoms with Crippen molar-refractivity contribution >= 4 is 27.6 Å². The van der Waals surface area contributed by atoms with Gasteiger partial charge in [0, 0.05) is 9.89 Å². The number of halogens is 1. The van der Waals surface area contributed by atoms with Crippen molar-refractivity contribution in [1.29, 1.82) is 0 Å². The summed E-state index contributed by atoms with van der Waals surface area (Å²) >= 11 is 3.35. The smallest absolute Gasteiger partial charge is 0.224 e. The fourth-order valence-corrected chi connectivity index (χ4v) is 1.79. The maximum Gasteiger partial charge on any atom is 0.224 e. The van der Waals surface area contributed by atoms with Gasteiger partial charge in [-0.3, -0.25) is 9.59 Å². The van der Waals surface area contributed by atoms with E-state index in [0.717, 1.165) is 10.0 Å². The molecule has 0 unspecified atom stereocenters. The quantitative estimate of drug-likeness (QED) is 0.929. The third-order valence-electron chi connectivity index (χ3n) is 2.54. The Kier molecular flexibility index (Phi) is 5.08. The van der Waals surface area contributed by atoms with E-state index in [2.05, 4.69) is 21.2 Å². The SMILES string of the molecule is CC(C)(C)C(=O)CNC(=O)Cc1cccc(Br)c1. The van der Waals surface area contributed by atoms with Crippen LogP contribution in [-0.2, 0) is 16.0 Å². The van der Waals surface area contributed by atoms with Crippen molar-refractivity contribution in [2.24, 2.45) is 5.41 Å². The Labute approximate surface area is 116 Å². The molecule has 0 saturated heterocycles. The van der Waals surface area contributed by atoms with Gasteiger partial charge in [0.15, 0.2) is 5.78 Å². The predicted octanol–water partition coefficient (Wildman–Crippen LogP) is 2.72. The topological polar surface area (TPSA) is 46.2 Å². The van der Waals surface area contributed by atoms with E-state index in [1.165, 1.54) is 0 Å². The lowest BCUT2D eigenvalue weighted by atomic mass is 9.91. The zero-order chi connectivity index (χ0) is 13.8. The number of rotatable bonds is 4. The lowest BCUT2D eigenvalue weighted by molar-refractivity contribution is -0.128. The summed E-state index contributed by atoms with van der Waals surface area (Å²) in [6, 6.07) is 7.57. The third kappa shape index (κ3) is 5.00. The summed E-state index contributed by atoms with van der Waals surface area (Å²) in [4.78, 5) is 23.3. The molecule has 1 aromatic carbocycles. The molecule has 0 heterocycles. The molecule has 0 aliphatic heterocycles. The summed E-state index contributed by atoms with van der Waals surface area (Å²) < 4.78 is 0.943. The Morgan fingerprint density at radius 2 is 1.94 bits per heavy atom. The van der Waals surface area contributed by atoms with Gasteiger partial charge in [0.2, 0.25) is 5.91 Å². The van der Waals surface area contributed by atoms with Gasteiger partial charge in [-0.25, -0.2) is 0 Å². The molecule has 4 heteroatoms. The number of amides is 1. The monoisotopic (exact) mass is 311 g/mol. The number of ketones is 1. The van der Waals surface area contributed by atoms with Crippen LogP contribution in [0.3, 0.4) is 0 Å². The van der Waals surface area contributed by atoms with Crippen LogP contribution in [0.1, 0.15) is 26.3 Å². The molecule has 98 valence electrons. The average molecular weight is 312 g/mol. The summed E-state index contributed by atoms with van der Waals surface area (Å²) in [5, 5.41) is 2.65. The highest BCUT2D eigenvalue weighted by molar-refractivity contribution is 9.10. The summed E-state index contributed by atoms with van der Waals surface area (Å²) in [7, 11) is 0. The molecule has 18 heavy (non-hydrogen) atoms. The van der Waals surface area contributed by atoms with E-state index in [1.54, 1.807) is 0 Å². The number of Topliss-reactive ketones (excluding diaryl/α,β-unsaturated/α-hetero) is 1. The minimum absolute atomic E-state index is 0.0325. The number of hydrogen-bond donors (Lipinski definition) is 1. The van der Waals surface area contributed by atoms with Crippen molar-refractivity contribution in [2.75, 3.05) is 6.54 Å². The molecule has 0 radical (unpaired) electrons. The van der Waals surface area contributed by atoms with Crippen LogP contribution < -0.4 is 5.32 Å². The minimum atomic E-state index is -0.414. The highest BCUT2D eigenvalue weighted by atomic mass is 79.9. The zero-order valence-electron chi connectivity index (χ0n) is 10.9. The van der Waals surface area contributed by atoms with Crippen LogP contribution >= 0.6 is 15.9 Å². The number of nitrogens with one attached hydrogen (secondary N) is 1. The molecule has 1 rings (SSSR count). The second-order valence-corrected chi connectivity index (χ2v) is 6.17. The Morgan fingerprint density at radius 3 is 2.50 bits per heavy atom. The molecule has 0 bridgehead atoms. The molecular weight excluding hydrogens is 294 g/mol. The molecule has 0 atom stereocenters. The Morgan fingerprint density at radius 1 is 1.28 bits per heavy atom. The molecule has 3 nitrogen and oxygen atoms in total. The van der Waals surface area contributed by atoms with Crippen LogP contribution in [0.2, 0.25) is 0 Å². The van der Waals surface area contributed by atoms with Gasteiger partial charge in [0.05, 0.1) is 13.0 Å². The van der Waals surface area contributed by atoms with Gasteiger partial charge in [-0.15, -0.1) is 0 Å². The van der Waals surface area contributed by atoms with Crippen molar-refractivity contribution in [1.82, 2.24) is 5.32 Å². The third-order valence-corrected chi connectivity index (χ3v) is 3.03. The summed E-state index contributed by atoms with van der Waals surface area (Å²) in [6.07, 6.45) is 0.289. The molecule has 1 amide bonds. The Hall–Kier alpha value is -1.16. The van der Waals surface area contributed by atoms with Crippen LogP contribution in [0, 0.1) is 5.41 Å². The first kappa shape index (κ1) is 14.9. The summed E-state index contributed by atoms with van der Waals surface area (Å²) in [5.74, 6) is -0.101. The standard InChI is InChI=1S/C14H18BrNO2/c1-14(2,3)12(17)9-16-13(18)8-10-5-4-6-11(15)7-10/h4-7H,8-9H2,1-3H3,(H,16,18). The second-order valence-electron chi connectivity index (χ2n) is 5.26. The van der Waals surface area contributed by atoms with E-state index in [0.29, 0.717) is 0 Å². The van der Waals surface area contributed by atoms with Crippen LogP contribution in [0.4, 0.5) is 0 Å². The minimum Gasteiger partial charge on any atom is -0.349 e. The molecule has 1 N–H and O–H groups in total. The summed E-state index contributed by atoms with van der Waals surface area (Å²) in [6.45, 7) is 5.62. The number of carbonyl (C=O) groups is 2. The lowest BCUT2D eigenvalue weighted by Crippen LogP contribution is -2.36. The van der Waals surface area contributed by atoms with Crippen LogP contribution in [0.5, 0.6) is 0 Å². The first-order valence-electron chi connectivity index (χ1n) is 5.83. The van der Waals surface area contributed by atoms with E-state index in [1.807, 2.05) is 45.0 Å². The van der Waals surface area contributed by atoms with Gasteiger partial charge >= 0.3 is 0 Å². The van der Waals surface area contributed by atoms with Gasteiger partial charge < -0.3 is 5.32 Å². The van der Waals surface area contributed by atoms with E-state index < -0.39 is 5.41 Å². The predicted molar refractivity (Wildman–Crippen MR) is 75.3 cm³/mol. The summed E-state index contributed by atoms with van der Waals surface area (Å²) in [5.41, 5.74) is 0.508. The fraction of sp³-hybridized carbons (Fsp3) is 0.429. The highest BCUT2D eigenvalue weighted by Gasteiger charge is 2.21. The van der Waals surface area contributed by atoms with E-state index in [4.69, 9.17) is 0 Å². The molecule has 0 aliphatic carbocycles. The first-order valence-corrected chi connectivity index (χ1v) is 6.63. The Balaban J connectivity index is 2.46. The van der Waals surface area contributed by atoms with Gasteiger partial charge in [0.25, 0.3) is 0 Å². The van der Waals surface area contributed by atoms with Crippen LogP contribution in [0.25, 0.3) is 0 Å². The molecule has 0 aromatic heterocycles. The number of carbonyl (C=O) groups excluding carboxylic acids is 2. The average Bonchev–Trinajstić information content (AvgIpc) is 2.24. The Bertz CT molecular complexity index is 449. The molecule has 0 spiro atoms. The maximum absolute atomic E-state index is 11.7. The molecule has 0 aliphatic rings. The van der Waals surface area contributed by atoms with Crippen molar-refractivity contribution in [3.8, 4) is 0 Å².